The van der Waals surface area contributed by atoms with Crippen LogP contribution in [0.4, 0.5) is 0 Å². The molecule has 22 heavy (non-hydrogen) atoms. The molecule has 1 aromatic rings. The third-order valence-electron chi connectivity index (χ3n) is 6.34. The Bertz CT molecular complexity index is 605. The fourth-order valence-electron chi connectivity index (χ4n) is 4.29. The molecule has 2 saturated carbocycles. The van der Waals surface area contributed by atoms with Crippen LogP contribution in [0.2, 0.25) is 0 Å². The number of rotatable bonds is 3. The maximum absolute atomic E-state index is 12.2. The van der Waals surface area contributed by atoms with Gasteiger partial charge in [0, 0.05) is 11.1 Å². The Hall–Kier alpha value is -1.64. The van der Waals surface area contributed by atoms with E-state index in [-0.39, 0.29) is 16.8 Å². The molecule has 2 aliphatic carbocycles. The number of benzene rings is 1. The Morgan fingerprint density at radius 3 is 2.45 bits per heavy atom. The van der Waals surface area contributed by atoms with Gasteiger partial charge in [-0.15, -0.1) is 0 Å². The first kappa shape index (κ1) is 15.3. The summed E-state index contributed by atoms with van der Waals surface area (Å²) < 4.78 is 5.00. The minimum Gasteiger partial charge on any atom is -0.467 e. The number of carbonyl (C=O) groups is 1. The zero-order chi connectivity index (χ0) is 16.0. The molecule has 0 amide bonds. The van der Waals surface area contributed by atoms with Crippen LogP contribution in [0, 0.1) is 16.7 Å². The molecule has 2 bridgehead atoms. The van der Waals surface area contributed by atoms with E-state index in [0.29, 0.717) is 5.92 Å². The zero-order valence-electron chi connectivity index (χ0n) is 13.9. The Morgan fingerprint density at radius 2 is 1.95 bits per heavy atom. The van der Waals surface area contributed by atoms with Gasteiger partial charge in [-0.3, -0.25) is 4.99 Å². The standard InChI is InChI=1S/C19H25NO2/c1-18(2)14-10-11-19(18,3)15(12-14)20-16(17(21)22-4)13-8-6-5-7-9-13/h5-9,14,16H,10-12H2,1-4H3. The van der Waals surface area contributed by atoms with Crippen molar-refractivity contribution in [3.05, 3.63) is 35.9 Å². The first-order valence-electron chi connectivity index (χ1n) is 8.10. The molecule has 0 heterocycles. The van der Waals surface area contributed by atoms with Gasteiger partial charge < -0.3 is 4.74 Å². The Balaban J connectivity index is 2.00. The Morgan fingerprint density at radius 1 is 1.27 bits per heavy atom. The molecule has 0 radical (unpaired) electrons. The second-order valence-electron chi connectivity index (χ2n) is 7.41. The molecule has 0 aromatic heterocycles. The van der Waals surface area contributed by atoms with E-state index in [0.717, 1.165) is 12.0 Å². The van der Waals surface area contributed by atoms with Gasteiger partial charge >= 0.3 is 5.97 Å². The van der Waals surface area contributed by atoms with Crippen LogP contribution in [0.1, 0.15) is 51.6 Å². The molecular formula is C19H25NO2. The molecule has 2 aliphatic rings. The van der Waals surface area contributed by atoms with Gasteiger partial charge in [-0.2, -0.15) is 0 Å². The molecule has 3 unspecified atom stereocenters. The first-order chi connectivity index (χ1) is 10.4. The largest absolute Gasteiger partial charge is 0.467 e. The molecular weight excluding hydrogens is 274 g/mol. The highest BCUT2D eigenvalue weighted by Gasteiger charge is 2.59. The third kappa shape index (κ3) is 2.10. The number of esters is 1. The number of aliphatic imine (C=N–C) groups is 1. The van der Waals surface area contributed by atoms with E-state index in [1.165, 1.54) is 25.7 Å². The summed E-state index contributed by atoms with van der Waals surface area (Å²) in [5.74, 6) is 0.410. The van der Waals surface area contributed by atoms with Crippen molar-refractivity contribution in [3.63, 3.8) is 0 Å². The summed E-state index contributed by atoms with van der Waals surface area (Å²) in [5, 5.41) is 0. The molecule has 3 nitrogen and oxygen atoms in total. The molecule has 0 aliphatic heterocycles. The molecule has 0 spiro atoms. The van der Waals surface area contributed by atoms with E-state index >= 15 is 0 Å². The van der Waals surface area contributed by atoms with Crippen molar-refractivity contribution >= 4 is 11.7 Å². The van der Waals surface area contributed by atoms with Gasteiger partial charge in [0.05, 0.1) is 7.11 Å². The monoisotopic (exact) mass is 299 g/mol. The van der Waals surface area contributed by atoms with Crippen molar-refractivity contribution < 1.29 is 9.53 Å². The summed E-state index contributed by atoms with van der Waals surface area (Å²) in [7, 11) is 1.44. The number of carbonyl (C=O) groups excluding carboxylic acids is 1. The van der Waals surface area contributed by atoms with Crippen molar-refractivity contribution in [2.24, 2.45) is 21.7 Å². The van der Waals surface area contributed by atoms with Crippen LogP contribution in [-0.4, -0.2) is 18.8 Å². The number of fused-ring (bicyclic) bond motifs is 2. The predicted molar refractivity (Wildman–Crippen MR) is 87.9 cm³/mol. The topological polar surface area (TPSA) is 38.7 Å². The minimum absolute atomic E-state index is 0.110. The third-order valence-corrected chi connectivity index (χ3v) is 6.34. The number of hydrogen-bond donors (Lipinski definition) is 0. The van der Waals surface area contributed by atoms with E-state index in [9.17, 15) is 4.79 Å². The summed E-state index contributed by atoms with van der Waals surface area (Å²) in [4.78, 5) is 17.2. The van der Waals surface area contributed by atoms with Crippen LogP contribution >= 0.6 is 0 Å². The molecule has 118 valence electrons. The van der Waals surface area contributed by atoms with Gasteiger partial charge in [-0.1, -0.05) is 51.1 Å². The number of ether oxygens (including phenoxy) is 1. The summed E-state index contributed by atoms with van der Waals surface area (Å²) >= 11 is 0. The summed E-state index contributed by atoms with van der Waals surface area (Å²) in [6.07, 6.45) is 3.47. The van der Waals surface area contributed by atoms with E-state index < -0.39 is 6.04 Å². The van der Waals surface area contributed by atoms with Crippen LogP contribution in [0.15, 0.2) is 35.3 Å². The van der Waals surface area contributed by atoms with Crippen LogP contribution in [-0.2, 0) is 9.53 Å². The second-order valence-corrected chi connectivity index (χ2v) is 7.41. The molecule has 0 saturated heterocycles. The normalized spacial score (nSPS) is 32.2. The molecule has 2 fully saturated rings. The average Bonchev–Trinajstić information content (AvgIpc) is 2.85. The molecule has 0 N–H and O–H groups in total. The smallest absolute Gasteiger partial charge is 0.335 e. The lowest BCUT2D eigenvalue weighted by atomic mass is 9.70. The SMILES string of the molecule is COC(=O)C(N=C1CC2CCC1(C)C2(C)C)c1ccccc1. The van der Waals surface area contributed by atoms with Gasteiger partial charge in [0.1, 0.15) is 0 Å². The van der Waals surface area contributed by atoms with Crippen molar-refractivity contribution in [1.82, 2.24) is 0 Å². The number of methoxy groups -OCH3 is 1. The summed E-state index contributed by atoms with van der Waals surface area (Å²) in [5.41, 5.74) is 2.49. The lowest BCUT2D eigenvalue weighted by Gasteiger charge is -2.35. The van der Waals surface area contributed by atoms with Gasteiger partial charge in [0.2, 0.25) is 0 Å². The molecule has 3 atom stereocenters. The number of hydrogen-bond acceptors (Lipinski definition) is 3. The van der Waals surface area contributed by atoms with Crippen molar-refractivity contribution in [2.45, 2.75) is 46.1 Å². The fraction of sp³-hybridized carbons (Fsp3) is 0.579. The van der Waals surface area contributed by atoms with Crippen LogP contribution in [0.5, 0.6) is 0 Å². The van der Waals surface area contributed by atoms with E-state index in [4.69, 9.17) is 9.73 Å². The number of nitrogens with zero attached hydrogens (tertiary/aromatic N) is 1. The first-order valence-corrected chi connectivity index (χ1v) is 8.10. The second kappa shape index (κ2) is 5.22. The maximum atomic E-state index is 12.2. The summed E-state index contributed by atoms with van der Waals surface area (Å²) in [6, 6.07) is 9.20. The predicted octanol–water partition coefficient (Wildman–Crippen LogP) is 4.19. The van der Waals surface area contributed by atoms with Gasteiger partial charge in [0.25, 0.3) is 0 Å². The molecule has 3 rings (SSSR count). The fourth-order valence-corrected chi connectivity index (χ4v) is 4.29. The highest BCUT2D eigenvalue weighted by Crippen LogP contribution is 2.64. The van der Waals surface area contributed by atoms with E-state index in [2.05, 4.69) is 20.8 Å². The maximum Gasteiger partial charge on any atom is 0.335 e. The lowest BCUT2D eigenvalue weighted by Crippen LogP contribution is -2.33. The molecule has 3 heteroatoms. The van der Waals surface area contributed by atoms with Gasteiger partial charge in [0.15, 0.2) is 6.04 Å². The van der Waals surface area contributed by atoms with Crippen LogP contribution in [0.3, 0.4) is 0 Å². The van der Waals surface area contributed by atoms with Gasteiger partial charge in [-0.25, -0.2) is 4.79 Å². The van der Waals surface area contributed by atoms with E-state index in [1.54, 1.807) is 0 Å². The van der Waals surface area contributed by atoms with Crippen molar-refractivity contribution in [3.8, 4) is 0 Å². The minimum atomic E-state index is -0.534. The Labute approximate surface area is 132 Å². The summed E-state index contributed by atoms with van der Waals surface area (Å²) in [6.45, 7) is 7.02. The average molecular weight is 299 g/mol. The van der Waals surface area contributed by atoms with Crippen LogP contribution in [0.25, 0.3) is 0 Å². The zero-order valence-corrected chi connectivity index (χ0v) is 13.9. The highest BCUT2D eigenvalue weighted by atomic mass is 16.5. The lowest BCUT2D eigenvalue weighted by molar-refractivity contribution is -0.142. The van der Waals surface area contributed by atoms with Crippen molar-refractivity contribution in [2.75, 3.05) is 7.11 Å². The van der Waals surface area contributed by atoms with Crippen LogP contribution < -0.4 is 0 Å². The van der Waals surface area contributed by atoms with E-state index in [1.807, 2.05) is 30.3 Å². The highest BCUT2D eigenvalue weighted by molar-refractivity contribution is 5.96. The quantitative estimate of drug-likeness (QED) is 0.785. The van der Waals surface area contributed by atoms with Gasteiger partial charge in [-0.05, 0) is 36.2 Å². The molecule has 1 aromatic carbocycles. The Kier molecular flexibility index (Phi) is 3.62. The van der Waals surface area contributed by atoms with Crippen molar-refractivity contribution in [1.29, 1.82) is 0 Å².